The van der Waals surface area contributed by atoms with E-state index in [9.17, 15) is 15.0 Å². The molecule has 0 aliphatic heterocycles. The van der Waals surface area contributed by atoms with Gasteiger partial charge >= 0.3 is 6.09 Å². The molecule has 0 heterocycles. The van der Waals surface area contributed by atoms with E-state index in [-0.39, 0.29) is 17.6 Å². The maximum absolute atomic E-state index is 13.3. The number of aliphatic hydroxyl groups excluding tert-OH is 2. The molecule has 3 rings (SSSR count). The number of nitrogens with zero attached hydrogens (tertiary/aromatic N) is 1. The summed E-state index contributed by atoms with van der Waals surface area (Å²) in [5.41, 5.74) is 2.15. The third-order valence-electron chi connectivity index (χ3n) is 17.1. The van der Waals surface area contributed by atoms with Crippen LogP contribution in [0.4, 0.5) is 4.79 Å². The summed E-state index contributed by atoms with van der Waals surface area (Å²) in [4.78, 5) is 15.4. The lowest BCUT2D eigenvalue weighted by Gasteiger charge is -2.60. The first-order valence-electron chi connectivity index (χ1n) is 26.5. The SMILES string of the molecule is CCCCCCCCC(O)CN(CCNC(=O)O[C@H]1CC[C@@]2(C)C(=CC[C@H]3[C@H](C)[C@@](C)([C@H](CCC)[C@H](C)CC[C@@H](CC)C(C)C)CC[C@@H]32)C1)CC(O)CCCCCCCC. The lowest BCUT2D eigenvalue weighted by atomic mass is 9.45. The van der Waals surface area contributed by atoms with Crippen LogP contribution >= 0.6 is 0 Å². The highest BCUT2D eigenvalue weighted by molar-refractivity contribution is 5.67. The summed E-state index contributed by atoms with van der Waals surface area (Å²) in [7, 11) is 0. The summed E-state index contributed by atoms with van der Waals surface area (Å²) in [5, 5.41) is 25.0. The first-order valence-corrected chi connectivity index (χ1v) is 26.5. The minimum Gasteiger partial charge on any atom is -0.446 e. The molecule has 3 N–H and O–H groups in total. The molecule has 2 saturated carbocycles. The number of allylic oxidation sites excluding steroid dienone is 1. The van der Waals surface area contributed by atoms with Crippen molar-refractivity contribution in [3.63, 3.8) is 0 Å². The number of aliphatic hydroxyl groups is 2. The van der Waals surface area contributed by atoms with Crippen LogP contribution in [0.25, 0.3) is 0 Å². The molecule has 0 aromatic carbocycles. The number of ether oxygens (including phenoxy) is 1. The van der Waals surface area contributed by atoms with E-state index in [2.05, 4.69) is 85.5 Å². The number of carbonyl (C=O) groups excluding carboxylic acids is 1. The summed E-state index contributed by atoms with van der Waals surface area (Å²) in [6.45, 7) is 26.7. The van der Waals surface area contributed by atoms with E-state index in [1.807, 2.05) is 0 Å². The summed E-state index contributed by atoms with van der Waals surface area (Å²) < 4.78 is 6.15. The zero-order valence-electron chi connectivity index (χ0n) is 41.5. The van der Waals surface area contributed by atoms with Crippen molar-refractivity contribution in [1.29, 1.82) is 0 Å². The predicted molar refractivity (Wildman–Crippen MR) is 256 cm³/mol. The first kappa shape index (κ1) is 53.2. The molecule has 1 amide bonds. The van der Waals surface area contributed by atoms with Gasteiger partial charge in [-0.15, -0.1) is 0 Å². The molecule has 11 atom stereocenters. The second kappa shape index (κ2) is 27.9. The Morgan fingerprint density at radius 3 is 1.97 bits per heavy atom. The Labute approximate surface area is 373 Å². The van der Waals surface area contributed by atoms with Gasteiger partial charge in [0.25, 0.3) is 0 Å². The fraction of sp³-hybridized carbons (Fsp3) is 0.944. The number of alkyl carbamates (subject to hydrolysis) is 1. The van der Waals surface area contributed by atoms with Crippen molar-refractivity contribution in [3.8, 4) is 0 Å². The van der Waals surface area contributed by atoms with Gasteiger partial charge in [0.1, 0.15) is 6.10 Å². The number of hydrogen-bond donors (Lipinski definition) is 3. The average Bonchev–Trinajstić information content (AvgIpc) is 3.21. The van der Waals surface area contributed by atoms with E-state index in [0.29, 0.717) is 37.5 Å². The molecule has 0 radical (unpaired) electrons. The minimum absolute atomic E-state index is 0.0749. The van der Waals surface area contributed by atoms with Gasteiger partial charge in [-0.3, -0.25) is 4.90 Å². The standard InChI is InChI=1S/C54H102N2O4/c1-11-15-17-19-21-23-26-46(57)39-56(40-47(58)27-24-22-20-18-16-12-2)37-36-55-52(59)60-48-32-34-54(10)45(38-48)30-31-49-43(8)53(9,35-33-51(49)54)50(25-13-3)42(7)28-29-44(14-4)41(5)6/h30,41-44,46-51,57-58H,11-29,31-40H2,1-10H3,(H,55,59)/t42-,43+,44-,46?,47?,48+,49+,50-,51+,53+,54+/m1/s1. The number of hydrogen-bond acceptors (Lipinski definition) is 5. The Bertz CT molecular complexity index is 1170. The molecular formula is C54H102N2O4. The third kappa shape index (κ3) is 16.5. The second-order valence-corrected chi connectivity index (χ2v) is 21.7. The quantitative estimate of drug-likeness (QED) is 0.0478. The lowest BCUT2D eigenvalue weighted by molar-refractivity contribution is -0.0826. The van der Waals surface area contributed by atoms with Crippen LogP contribution in [-0.4, -0.2) is 65.7 Å². The number of rotatable bonds is 31. The van der Waals surface area contributed by atoms with Gasteiger partial charge in [0.15, 0.2) is 0 Å². The number of carbonyl (C=O) groups is 1. The van der Waals surface area contributed by atoms with E-state index in [1.54, 1.807) is 5.57 Å². The van der Waals surface area contributed by atoms with E-state index in [1.165, 1.54) is 116 Å². The fourth-order valence-electron chi connectivity index (χ4n) is 12.9. The Morgan fingerprint density at radius 1 is 0.800 bits per heavy atom. The molecule has 0 aromatic heterocycles. The number of unbranched alkanes of at least 4 members (excludes halogenated alkanes) is 10. The predicted octanol–water partition coefficient (Wildman–Crippen LogP) is 14.3. The van der Waals surface area contributed by atoms with Crippen LogP contribution in [-0.2, 0) is 4.74 Å². The maximum Gasteiger partial charge on any atom is 0.407 e. The van der Waals surface area contributed by atoms with Crippen molar-refractivity contribution in [2.24, 2.45) is 52.3 Å². The van der Waals surface area contributed by atoms with Crippen LogP contribution in [0.3, 0.4) is 0 Å². The Hall–Kier alpha value is -1.11. The molecular weight excluding hydrogens is 741 g/mol. The van der Waals surface area contributed by atoms with Gasteiger partial charge in [0, 0.05) is 32.6 Å². The van der Waals surface area contributed by atoms with Crippen molar-refractivity contribution >= 4 is 6.09 Å². The molecule has 0 spiro atoms. The molecule has 0 bridgehead atoms. The lowest BCUT2D eigenvalue weighted by Crippen LogP contribution is -2.53. The van der Waals surface area contributed by atoms with Crippen LogP contribution in [0.5, 0.6) is 0 Å². The van der Waals surface area contributed by atoms with Crippen molar-refractivity contribution < 1.29 is 19.7 Å². The van der Waals surface area contributed by atoms with Gasteiger partial charge in [0.05, 0.1) is 12.2 Å². The molecule has 2 fully saturated rings. The van der Waals surface area contributed by atoms with Crippen LogP contribution in [0.2, 0.25) is 0 Å². The Morgan fingerprint density at radius 2 is 1.40 bits per heavy atom. The summed E-state index contributed by atoms with van der Waals surface area (Å²) in [5.74, 6) is 5.36. The van der Waals surface area contributed by atoms with E-state index >= 15 is 0 Å². The highest BCUT2D eigenvalue weighted by Crippen LogP contribution is 2.64. The summed E-state index contributed by atoms with van der Waals surface area (Å²) in [6, 6.07) is 0. The third-order valence-corrected chi connectivity index (χ3v) is 17.1. The smallest absolute Gasteiger partial charge is 0.407 e. The van der Waals surface area contributed by atoms with Crippen molar-refractivity contribution in [2.75, 3.05) is 26.2 Å². The first-order chi connectivity index (χ1) is 28.7. The normalized spacial score (nSPS) is 28.1. The van der Waals surface area contributed by atoms with Crippen molar-refractivity contribution in [3.05, 3.63) is 11.6 Å². The Balaban J connectivity index is 1.54. The fourth-order valence-corrected chi connectivity index (χ4v) is 12.9. The molecule has 352 valence electrons. The largest absolute Gasteiger partial charge is 0.446 e. The summed E-state index contributed by atoms with van der Waals surface area (Å²) >= 11 is 0. The zero-order chi connectivity index (χ0) is 44.1. The molecule has 6 heteroatoms. The van der Waals surface area contributed by atoms with E-state index in [0.717, 1.165) is 80.5 Å². The molecule has 3 aliphatic carbocycles. The second-order valence-electron chi connectivity index (χ2n) is 21.7. The molecule has 6 nitrogen and oxygen atoms in total. The van der Waals surface area contributed by atoms with Crippen molar-refractivity contribution in [2.45, 2.75) is 248 Å². The van der Waals surface area contributed by atoms with Gasteiger partial charge in [0.2, 0.25) is 0 Å². The Kier molecular flexibility index (Phi) is 24.8. The zero-order valence-corrected chi connectivity index (χ0v) is 41.5. The van der Waals surface area contributed by atoms with Crippen LogP contribution < -0.4 is 5.32 Å². The van der Waals surface area contributed by atoms with Crippen molar-refractivity contribution in [1.82, 2.24) is 10.2 Å². The van der Waals surface area contributed by atoms with Gasteiger partial charge in [-0.2, -0.15) is 0 Å². The number of fused-ring (bicyclic) bond motifs is 3. The number of nitrogens with one attached hydrogen (secondary N) is 1. The van der Waals surface area contributed by atoms with Crippen LogP contribution in [0.1, 0.15) is 230 Å². The molecule has 0 aromatic rings. The van der Waals surface area contributed by atoms with Gasteiger partial charge in [-0.05, 0) is 110 Å². The highest BCUT2D eigenvalue weighted by Gasteiger charge is 2.55. The topological polar surface area (TPSA) is 82.0 Å². The molecule has 3 aliphatic rings. The highest BCUT2D eigenvalue weighted by atomic mass is 16.6. The van der Waals surface area contributed by atoms with E-state index in [4.69, 9.17) is 4.74 Å². The van der Waals surface area contributed by atoms with E-state index < -0.39 is 12.2 Å². The van der Waals surface area contributed by atoms with Gasteiger partial charge < -0.3 is 20.3 Å². The minimum atomic E-state index is -0.417. The molecule has 0 saturated heterocycles. The monoisotopic (exact) mass is 843 g/mol. The summed E-state index contributed by atoms with van der Waals surface area (Å²) in [6.07, 6.45) is 30.9. The van der Waals surface area contributed by atoms with Gasteiger partial charge in [-0.25, -0.2) is 4.79 Å². The van der Waals surface area contributed by atoms with Crippen LogP contribution in [0, 0.1) is 52.3 Å². The average molecular weight is 843 g/mol. The number of amides is 1. The maximum atomic E-state index is 13.3. The van der Waals surface area contributed by atoms with Crippen LogP contribution in [0.15, 0.2) is 11.6 Å². The van der Waals surface area contributed by atoms with Gasteiger partial charge in [-0.1, -0.05) is 177 Å². The molecule has 60 heavy (non-hydrogen) atoms. The molecule has 2 unspecified atom stereocenters.